The lowest BCUT2D eigenvalue weighted by molar-refractivity contribution is -0.246. The summed E-state index contributed by atoms with van der Waals surface area (Å²) in [5.41, 5.74) is 2.08. The van der Waals surface area contributed by atoms with Crippen molar-refractivity contribution in [1.29, 1.82) is 0 Å². The first-order valence-corrected chi connectivity index (χ1v) is 20.2. The number of hydrogen-bond acceptors (Lipinski definition) is 4. The average molecular weight is 701 g/mol. The topological polar surface area (TPSA) is 116 Å². The molecule has 7 heteroatoms. The number of benzene rings is 1. The fourth-order valence-electron chi connectivity index (χ4n) is 13.9. The molecule has 0 aliphatic heterocycles. The highest BCUT2D eigenvalue weighted by molar-refractivity contribution is 5.95. The number of carbonyl (C=O) groups is 3. The summed E-state index contributed by atoms with van der Waals surface area (Å²) >= 11 is 0. The lowest BCUT2D eigenvalue weighted by atomic mass is 9.32. The Hall–Kier alpha value is -2.67. The van der Waals surface area contributed by atoms with Crippen LogP contribution >= 0.6 is 0 Å². The number of aliphatic hydroxyl groups is 1. The lowest BCUT2D eigenvalue weighted by Gasteiger charge is -2.72. The van der Waals surface area contributed by atoms with Gasteiger partial charge in [0.25, 0.3) is 5.91 Å². The molecule has 6 aliphatic rings. The summed E-state index contributed by atoms with van der Waals surface area (Å²) < 4.78 is 0. The molecule has 51 heavy (non-hydrogen) atoms. The zero-order valence-electron chi connectivity index (χ0n) is 32.2. The molecule has 1 aromatic carbocycles. The SMILES string of the molecule is C=C(C)[C@@H]1CC[C@]2(C(=O)NCCc3cccc(C(=O)NCC4(C(=O)O)CC4)c3)CC[C@]3(C)C(CCC4[C@@]5(C)CC[C@H](O)C(C)(C)C5CC[C@]43C)C12. The largest absolute Gasteiger partial charge is 0.481 e. The predicted octanol–water partition coefficient (Wildman–Crippen LogP) is 7.96. The van der Waals surface area contributed by atoms with E-state index in [1.54, 1.807) is 6.07 Å². The third-order valence-electron chi connectivity index (χ3n) is 17.3. The van der Waals surface area contributed by atoms with Gasteiger partial charge in [0, 0.05) is 18.7 Å². The van der Waals surface area contributed by atoms with Gasteiger partial charge in [0.2, 0.25) is 5.91 Å². The van der Waals surface area contributed by atoms with Crippen molar-refractivity contribution in [2.24, 2.45) is 62.1 Å². The predicted molar refractivity (Wildman–Crippen MR) is 200 cm³/mol. The Balaban J connectivity index is 1.07. The zero-order chi connectivity index (χ0) is 36.8. The Kier molecular flexibility index (Phi) is 8.95. The second kappa shape index (κ2) is 12.5. The van der Waals surface area contributed by atoms with Crippen molar-refractivity contribution in [2.75, 3.05) is 13.1 Å². The monoisotopic (exact) mass is 700 g/mol. The van der Waals surface area contributed by atoms with Crippen molar-refractivity contribution < 1.29 is 24.6 Å². The first-order chi connectivity index (χ1) is 24.0. The van der Waals surface area contributed by atoms with E-state index in [1.807, 2.05) is 18.2 Å². The molecule has 10 atom stereocenters. The van der Waals surface area contributed by atoms with Gasteiger partial charge in [-0.15, -0.1) is 0 Å². The molecule has 1 aromatic rings. The number of nitrogens with one attached hydrogen (secondary N) is 2. The van der Waals surface area contributed by atoms with Crippen molar-refractivity contribution in [3.63, 3.8) is 0 Å². The maximum atomic E-state index is 14.6. The van der Waals surface area contributed by atoms with E-state index >= 15 is 0 Å². The molecule has 7 nitrogen and oxygen atoms in total. The number of amides is 2. The Morgan fingerprint density at radius 2 is 1.59 bits per heavy atom. The maximum Gasteiger partial charge on any atom is 0.311 e. The van der Waals surface area contributed by atoms with Crippen LogP contribution in [0, 0.1) is 62.1 Å². The third kappa shape index (κ3) is 5.47. The van der Waals surface area contributed by atoms with Crippen LogP contribution in [-0.2, 0) is 16.0 Å². The van der Waals surface area contributed by atoms with E-state index in [0.29, 0.717) is 61.0 Å². The fraction of sp³-hybridized carbons (Fsp3) is 0.750. The van der Waals surface area contributed by atoms with E-state index in [9.17, 15) is 24.6 Å². The minimum absolute atomic E-state index is 0.0580. The van der Waals surface area contributed by atoms with Gasteiger partial charge in [0.15, 0.2) is 0 Å². The molecule has 0 radical (unpaired) electrons. The Bertz CT molecular complexity index is 1600. The average Bonchev–Trinajstić information content (AvgIpc) is 3.78. The Labute approximate surface area is 306 Å². The van der Waals surface area contributed by atoms with E-state index < -0.39 is 11.4 Å². The Morgan fingerprint density at radius 3 is 2.27 bits per heavy atom. The van der Waals surface area contributed by atoms with Crippen LogP contribution < -0.4 is 10.6 Å². The number of fused-ring (bicyclic) bond motifs is 7. The van der Waals surface area contributed by atoms with Gasteiger partial charge in [-0.2, -0.15) is 0 Å². The highest BCUT2D eigenvalue weighted by Gasteiger charge is 2.71. The molecule has 0 heterocycles. The number of carbonyl (C=O) groups excluding carboxylic acids is 2. The van der Waals surface area contributed by atoms with Gasteiger partial charge in [-0.05, 0) is 159 Å². The molecule has 7 rings (SSSR count). The summed E-state index contributed by atoms with van der Waals surface area (Å²) in [5, 5.41) is 26.8. The van der Waals surface area contributed by atoms with Crippen LogP contribution in [-0.4, -0.2) is 47.2 Å². The molecule has 4 unspecified atom stereocenters. The number of carboxylic acids is 1. The summed E-state index contributed by atoms with van der Waals surface area (Å²) in [6.45, 7) is 19.8. The summed E-state index contributed by atoms with van der Waals surface area (Å²) in [7, 11) is 0. The summed E-state index contributed by atoms with van der Waals surface area (Å²) in [6.07, 6.45) is 12.4. The lowest BCUT2D eigenvalue weighted by Crippen LogP contribution is -2.67. The summed E-state index contributed by atoms with van der Waals surface area (Å²) in [6, 6.07) is 7.48. The second-order valence-corrected chi connectivity index (χ2v) is 19.7. The number of carboxylic acid groups (broad SMARTS) is 1. The molecule has 6 aliphatic carbocycles. The van der Waals surface area contributed by atoms with Gasteiger partial charge >= 0.3 is 5.97 Å². The highest BCUT2D eigenvalue weighted by atomic mass is 16.4. The van der Waals surface area contributed by atoms with Crippen LogP contribution in [0.15, 0.2) is 36.4 Å². The van der Waals surface area contributed by atoms with E-state index in [2.05, 4.69) is 58.8 Å². The van der Waals surface area contributed by atoms with Gasteiger partial charge in [-0.25, -0.2) is 0 Å². The third-order valence-corrected chi connectivity index (χ3v) is 17.3. The zero-order valence-corrected chi connectivity index (χ0v) is 32.2. The standard InChI is InChI=1S/C44H64N2O5/c1-27(2)30-13-19-44(37(49)45-24-16-28-9-8-10-29(25-28)36(48)46-26-43(21-22-43)38(50)51)23-20-41(6)31(35(30)44)11-12-33-40(5)17-15-34(47)39(3,4)32(40)14-18-42(33,41)7/h8-10,25,30-35,47H,1,11-24,26H2,2-7H3,(H,45,49)(H,46,48)(H,50,51)/t30-,31?,32?,33?,34-,35?,40-,41+,42+,44-/m0/s1. The smallest absolute Gasteiger partial charge is 0.311 e. The summed E-state index contributed by atoms with van der Waals surface area (Å²) in [4.78, 5) is 39.0. The number of hydrogen-bond donors (Lipinski definition) is 4. The van der Waals surface area contributed by atoms with Crippen molar-refractivity contribution in [3.05, 3.63) is 47.5 Å². The number of allylic oxidation sites excluding steroid dienone is 1. The maximum absolute atomic E-state index is 14.6. The van der Waals surface area contributed by atoms with Crippen molar-refractivity contribution in [2.45, 2.75) is 131 Å². The van der Waals surface area contributed by atoms with E-state index in [4.69, 9.17) is 0 Å². The van der Waals surface area contributed by atoms with Crippen LogP contribution in [0.5, 0.6) is 0 Å². The molecule has 0 spiro atoms. The van der Waals surface area contributed by atoms with Crippen LogP contribution in [0.25, 0.3) is 0 Å². The first-order valence-electron chi connectivity index (χ1n) is 20.2. The van der Waals surface area contributed by atoms with Crippen LogP contribution in [0.3, 0.4) is 0 Å². The molecule has 0 aromatic heterocycles. The van der Waals surface area contributed by atoms with Gasteiger partial charge in [-0.3, -0.25) is 14.4 Å². The molecule has 2 amide bonds. The number of rotatable bonds is 9. The summed E-state index contributed by atoms with van der Waals surface area (Å²) in [5.74, 6) is 1.42. The number of aliphatic hydroxyl groups excluding tert-OH is 1. The minimum Gasteiger partial charge on any atom is -0.481 e. The van der Waals surface area contributed by atoms with Gasteiger partial charge in [0.05, 0.1) is 16.9 Å². The van der Waals surface area contributed by atoms with E-state index in [0.717, 1.165) is 44.1 Å². The molecular formula is C44H64N2O5. The van der Waals surface area contributed by atoms with Crippen LogP contribution in [0.2, 0.25) is 0 Å². The van der Waals surface area contributed by atoms with Gasteiger partial charge in [0.1, 0.15) is 0 Å². The first kappa shape index (κ1) is 36.7. The quantitative estimate of drug-likeness (QED) is 0.195. The van der Waals surface area contributed by atoms with Gasteiger partial charge < -0.3 is 20.8 Å². The molecule has 280 valence electrons. The molecular weight excluding hydrogens is 636 g/mol. The normalized spacial score (nSPS) is 41.5. The fourth-order valence-corrected chi connectivity index (χ4v) is 13.9. The minimum atomic E-state index is -0.845. The number of aliphatic carboxylic acids is 1. The second-order valence-electron chi connectivity index (χ2n) is 19.7. The Morgan fingerprint density at radius 1 is 0.843 bits per heavy atom. The highest BCUT2D eigenvalue weighted by Crippen LogP contribution is 2.77. The van der Waals surface area contributed by atoms with Crippen LogP contribution in [0.4, 0.5) is 0 Å². The van der Waals surface area contributed by atoms with Gasteiger partial charge in [-0.1, -0.05) is 58.9 Å². The molecule has 0 saturated heterocycles. The van der Waals surface area contributed by atoms with Crippen LogP contribution in [0.1, 0.15) is 135 Å². The van der Waals surface area contributed by atoms with E-state index in [1.165, 1.54) is 31.3 Å². The molecule has 6 saturated carbocycles. The molecule has 0 bridgehead atoms. The van der Waals surface area contributed by atoms with E-state index in [-0.39, 0.29) is 51.5 Å². The van der Waals surface area contributed by atoms with Crippen molar-refractivity contribution in [3.8, 4) is 0 Å². The van der Waals surface area contributed by atoms with Crippen molar-refractivity contribution in [1.82, 2.24) is 10.6 Å². The molecule has 6 fully saturated rings. The molecule has 4 N–H and O–H groups in total. The van der Waals surface area contributed by atoms with Crippen molar-refractivity contribution >= 4 is 17.8 Å².